The smallest absolute Gasteiger partial charge is 0.265 e. The Morgan fingerprint density at radius 2 is 1.75 bits per heavy atom. The summed E-state index contributed by atoms with van der Waals surface area (Å²) in [5, 5.41) is 1.93. The second kappa shape index (κ2) is 5.07. The van der Waals surface area contributed by atoms with Gasteiger partial charge in [0, 0.05) is 18.7 Å². The van der Waals surface area contributed by atoms with Gasteiger partial charge in [0.25, 0.3) is 5.91 Å². The summed E-state index contributed by atoms with van der Waals surface area (Å²) < 4.78 is 12.7. The van der Waals surface area contributed by atoms with Crippen LogP contribution in [-0.2, 0) is 0 Å². The number of carbonyl (C=O) groups is 1. The van der Waals surface area contributed by atoms with Crippen LogP contribution < -0.4 is 5.43 Å². The highest BCUT2D eigenvalue weighted by Crippen LogP contribution is 2.07. The number of hydrazine groups is 1. The van der Waals surface area contributed by atoms with E-state index in [0.29, 0.717) is 5.56 Å². The molecule has 0 unspecified atom stereocenters. The minimum Gasteiger partial charge on any atom is -0.285 e. The minimum absolute atomic E-state index is 0.165. The molecule has 1 N–H and O–H groups in total. The van der Waals surface area contributed by atoms with Crippen molar-refractivity contribution in [3.05, 3.63) is 35.6 Å². The molecular weight excluding hydrogens is 207 g/mol. The van der Waals surface area contributed by atoms with Crippen molar-refractivity contribution in [1.82, 2.24) is 10.4 Å². The van der Waals surface area contributed by atoms with Gasteiger partial charge in [0.1, 0.15) is 5.82 Å². The van der Waals surface area contributed by atoms with Crippen molar-refractivity contribution in [2.24, 2.45) is 0 Å². The first kappa shape index (κ1) is 11.1. The number of halogens is 1. The van der Waals surface area contributed by atoms with Crippen molar-refractivity contribution in [2.75, 3.05) is 13.1 Å². The molecule has 1 aromatic rings. The van der Waals surface area contributed by atoms with E-state index in [1.165, 1.54) is 30.7 Å². The van der Waals surface area contributed by atoms with E-state index in [-0.39, 0.29) is 11.7 Å². The lowest BCUT2D eigenvalue weighted by atomic mass is 10.1. The first-order valence-electron chi connectivity index (χ1n) is 5.57. The molecule has 1 amide bonds. The van der Waals surface area contributed by atoms with Crippen LogP contribution in [0.3, 0.4) is 0 Å². The molecule has 1 aliphatic rings. The number of benzene rings is 1. The molecular formula is C12H15FN2O. The highest BCUT2D eigenvalue weighted by Gasteiger charge is 2.13. The molecule has 2 rings (SSSR count). The standard InChI is InChI=1S/C12H15FN2O/c13-11-6-4-10(5-7-11)12(16)14-15-8-2-1-3-9-15/h4-7H,1-3,8-9H2,(H,14,16). The highest BCUT2D eigenvalue weighted by atomic mass is 19.1. The van der Waals surface area contributed by atoms with Gasteiger partial charge in [0.2, 0.25) is 0 Å². The number of nitrogens with zero attached hydrogens (tertiary/aromatic N) is 1. The van der Waals surface area contributed by atoms with Gasteiger partial charge in [-0.25, -0.2) is 9.40 Å². The fraction of sp³-hybridized carbons (Fsp3) is 0.417. The van der Waals surface area contributed by atoms with Crippen LogP contribution in [-0.4, -0.2) is 24.0 Å². The third-order valence-corrected chi connectivity index (χ3v) is 2.72. The average Bonchev–Trinajstić information content (AvgIpc) is 2.31. The van der Waals surface area contributed by atoms with Crippen molar-refractivity contribution in [3.8, 4) is 0 Å². The molecule has 3 nitrogen and oxygen atoms in total. The van der Waals surface area contributed by atoms with E-state index >= 15 is 0 Å². The van der Waals surface area contributed by atoms with Crippen molar-refractivity contribution >= 4 is 5.91 Å². The van der Waals surface area contributed by atoms with Gasteiger partial charge in [-0.1, -0.05) is 6.42 Å². The normalized spacial score (nSPS) is 17.1. The zero-order valence-electron chi connectivity index (χ0n) is 9.08. The molecule has 1 aromatic carbocycles. The van der Waals surface area contributed by atoms with Gasteiger partial charge in [0.15, 0.2) is 0 Å². The molecule has 0 aromatic heterocycles. The summed E-state index contributed by atoms with van der Waals surface area (Å²) >= 11 is 0. The summed E-state index contributed by atoms with van der Waals surface area (Å²) in [5.41, 5.74) is 3.32. The molecule has 1 fully saturated rings. The quantitative estimate of drug-likeness (QED) is 0.829. The summed E-state index contributed by atoms with van der Waals surface area (Å²) in [6.07, 6.45) is 3.45. The van der Waals surface area contributed by atoms with Crippen molar-refractivity contribution in [1.29, 1.82) is 0 Å². The Morgan fingerprint density at radius 1 is 1.12 bits per heavy atom. The fourth-order valence-corrected chi connectivity index (χ4v) is 1.82. The Labute approximate surface area is 94.2 Å². The number of carbonyl (C=O) groups excluding carboxylic acids is 1. The lowest BCUT2D eigenvalue weighted by Crippen LogP contribution is -2.45. The van der Waals surface area contributed by atoms with Crippen molar-refractivity contribution < 1.29 is 9.18 Å². The summed E-state index contributed by atoms with van der Waals surface area (Å²) in [5.74, 6) is -0.489. The first-order valence-corrected chi connectivity index (χ1v) is 5.57. The highest BCUT2D eigenvalue weighted by molar-refractivity contribution is 5.93. The van der Waals surface area contributed by atoms with E-state index in [2.05, 4.69) is 5.43 Å². The van der Waals surface area contributed by atoms with E-state index in [9.17, 15) is 9.18 Å². The largest absolute Gasteiger partial charge is 0.285 e. The summed E-state index contributed by atoms with van der Waals surface area (Å²) in [4.78, 5) is 11.7. The molecule has 0 spiro atoms. The van der Waals surface area contributed by atoms with E-state index in [4.69, 9.17) is 0 Å². The number of rotatable bonds is 2. The van der Waals surface area contributed by atoms with Gasteiger partial charge < -0.3 is 0 Å². The van der Waals surface area contributed by atoms with Crippen LogP contribution in [0, 0.1) is 5.82 Å². The van der Waals surface area contributed by atoms with Crippen LogP contribution in [0.4, 0.5) is 4.39 Å². The zero-order valence-corrected chi connectivity index (χ0v) is 9.08. The zero-order chi connectivity index (χ0) is 11.4. The molecule has 0 saturated carbocycles. The number of nitrogens with one attached hydrogen (secondary N) is 1. The Morgan fingerprint density at radius 3 is 2.38 bits per heavy atom. The van der Waals surface area contributed by atoms with Crippen molar-refractivity contribution in [2.45, 2.75) is 19.3 Å². The molecule has 1 aliphatic heterocycles. The van der Waals surface area contributed by atoms with Crippen LogP contribution >= 0.6 is 0 Å². The second-order valence-corrected chi connectivity index (χ2v) is 4.00. The van der Waals surface area contributed by atoms with Crippen LogP contribution in [0.1, 0.15) is 29.6 Å². The summed E-state index contributed by atoms with van der Waals surface area (Å²) in [6.45, 7) is 1.79. The molecule has 0 aliphatic carbocycles. The predicted octanol–water partition coefficient (Wildman–Crippen LogP) is 1.96. The summed E-state index contributed by atoms with van der Waals surface area (Å²) in [6, 6.07) is 5.58. The first-order chi connectivity index (χ1) is 7.75. The van der Waals surface area contributed by atoms with E-state index < -0.39 is 0 Å². The maximum atomic E-state index is 12.7. The molecule has 86 valence electrons. The predicted molar refractivity (Wildman–Crippen MR) is 59.3 cm³/mol. The van der Waals surface area contributed by atoms with E-state index in [1.807, 2.05) is 5.01 Å². The minimum atomic E-state index is -0.325. The van der Waals surface area contributed by atoms with Crippen LogP contribution in [0.2, 0.25) is 0 Å². The number of hydrogen-bond donors (Lipinski definition) is 1. The average molecular weight is 222 g/mol. The third kappa shape index (κ3) is 2.79. The van der Waals surface area contributed by atoms with Crippen LogP contribution in [0.5, 0.6) is 0 Å². The number of hydrogen-bond acceptors (Lipinski definition) is 2. The monoisotopic (exact) mass is 222 g/mol. The van der Waals surface area contributed by atoms with Gasteiger partial charge >= 0.3 is 0 Å². The molecule has 4 heteroatoms. The van der Waals surface area contributed by atoms with Crippen LogP contribution in [0.25, 0.3) is 0 Å². The number of piperidine rings is 1. The lowest BCUT2D eigenvalue weighted by molar-refractivity contribution is 0.0750. The van der Waals surface area contributed by atoms with Crippen molar-refractivity contribution in [3.63, 3.8) is 0 Å². The molecule has 16 heavy (non-hydrogen) atoms. The van der Waals surface area contributed by atoms with Gasteiger partial charge in [-0.3, -0.25) is 10.2 Å². The third-order valence-electron chi connectivity index (χ3n) is 2.72. The van der Waals surface area contributed by atoms with Gasteiger partial charge in [-0.2, -0.15) is 0 Å². The molecule has 0 radical (unpaired) electrons. The maximum Gasteiger partial charge on any atom is 0.265 e. The molecule has 1 heterocycles. The Bertz CT molecular complexity index is 358. The van der Waals surface area contributed by atoms with Crippen LogP contribution in [0.15, 0.2) is 24.3 Å². The van der Waals surface area contributed by atoms with Gasteiger partial charge in [0.05, 0.1) is 0 Å². The fourth-order valence-electron chi connectivity index (χ4n) is 1.82. The van der Waals surface area contributed by atoms with Gasteiger partial charge in [-0.05, 0) is 37.1 Å². The summed E-state index contributed by atoms with van der Waals surface area (Å²) in [7, 11) is 0. The number of amides is 1. The van der Waals surface area contributed by atoms with E-state index in [1.54, 1.807) is 0 Å². The van der Waals surface area contributed by atoms with Gasteiger partial charge in [-0.15, -0.1) is 0 Å². The Balaban J connectivity index is 1.94. The Kier molecular flexibility index (Phi) is 3.51. The second-order valence-electron chi connectivity index (χ2n) is 4.00. The lowest BCUT2D eigenvalue weighted by Gasteiger charge is -2.26. The molecule has 0 atom stereocenters. The Hall–Kier alpha value is -1.42. The topological polar surface area (TPSA) is 32.3 Å². The maximum absolute atomic E-state index is 12.7. The SMILES string of the molecule is O=C(NN1CCCCC1)c1ccc(F)cc1. The molecule has 0 bridgehead atoms. The van der Waals surface area contributed by atoms with E-state index in [0.717, 1.165) is 25.9 Å². The molecule has 1 saturated heterocycles.